The molecule has 1 aliphatic heterocycles. The van der Waals surface area contributed by atoms with Crippen LogP contribution >= 0.6 is 0 Å². The first-order valence-corrected chi connectivity index (χ1v) is 11.3. The first-order chi connectivity index (χ1) is 14.3. The highest BCUT2D eigenvalue weighted by molar-refractivity contribution is 5.88. The van der Waals surface area contributed by atoms with Crippen molar-refractivity contribution < 1.29 is 23.9 Å². The molecular formula is C22H37N3O5. The summed E-state index contributed by atoms with van der Waals surface area (Å²) in [4.78, 5) is 48.4. The van der Waals surface area contributed by atoms with Crippen LogP contribution in [0.1, 0.15) is 72.1 Å². The van der Waals surface area contributed by atoms with Crippen molar-refractivity contribution in [1.82, 2.24) is 16.0 Å². The molecule has 1 saturated heterocycles. The third kappa shape index (κ3) is 7.61. The number of ether oxygens (including phenoxy) is 1. The van der Waals surface area contributed by atoms with E-state index in [0.717, 1.165) is 32.1 Å². The Morgan fingerprint density at radius 1 is 1.17 bits per heavy atom. The minimum absolute atomic E-state index is 0.0886. The van der Waals surface area contributed by atoms with Gasteiger partial charge in [-0.2, -0.15) is 0 Å². The summed E-state index contributed by atoms with van der Waals surface area (Å²) in [5, 5.41) is 8.10. The fraction of sp³-hybridized carbons (Fsp3) is 0.818. The van der Waals surface area contributed by atoms with Crippen LogP contribution in [0.15, 0.2) is 0 Å². The predicted octanol–water partition coefficient (Wildman–Crippen LogP) is 2.31. The number of carbonyl (C=O) groups excluding carboxylic acids is 4. The van der Waals surface area contributed by atoms with Crippen LogP contribution in [-0.2, 0) is 19.1 Å². The summed E-state index contributed by atoms with van der Waals surface area (Å²) < 4.78 is 5.55. The van der Waals surface area contributed by atoms with Crippen molar-refractivity contribution in [3.05, 3.63) is 0 Å². The topological polar surface area (TPSA) is 114 Å². The largest absolute Gasteiger partial charge is 0.446 e. The number of hydrogen-bond acceptors (Lipinski definition) is 5. The summed E-state index contributed by atoms with van der Waals surface area (Å²) >= 11 is 0. The molecule has 170 valence electrons. The van der Waals surface area contributed by atoms with Gasteiger partial charge in [0.2, 0.25) is 11.8 Å². The summed E-state index contributed by atoms with van der Waals surface area (Å²) in [7, 11) is 0. The van der Waals surface area contributed by atoms with Gasteiger partial charge in [-0.1, -0.05) is 27.2 Å². The zero-order valence-corrected chi connectivity index (χ0v) is 18.4. The molecule has 3 amide bonds. The van der Waals surface area contributed by atoms with Gasteiger partial charge in [0.05, 0.1) is 6.04 Å². The van der Waals surface area contributed by atoms with Crippen molar-refractivity contribution in [3.63, 3.8) is 0 Å². The van der Waals surface area contributed by atoms with E-state index >= 15 is 0 Å². The lowest BCUT2D eigenvalue weighted by atomic mass is 9.86. The Kier molecular flexibility index (Phi) is 9.59. The van der Waals surface area contributed by atoms with Crippen molar-refractivity contribution in [2.75, 3.05) is 6.54 Å². The van der Waals surface area contributed by atoms with Gasteiger partial charge in [-0.25, -0.2) is 4.79 Å². The molecule has 2 aliphatic rings. The number of alkyl carbamates (subject to hydrolysis) is 1. The molecule has 2 fully saturated rings. The average molecular weight is 424 g/mol. The minimum Gasteiger partial charge on any atom is -0.446 e. The van der Waals surface area contributed by atoms with Gasteiger partial charge in [-0.15, -0.1) is 0 Å². The second kappa shape index (κ2) is 11.9. The van der Waals surface area contributed by atoms with Gasteiger partial charge in [0.1, 0.15) is 18.4 Å². The molecule has 0 unspecified atom stereocenters. The Balaban J connectivity index is 1.88. The number of aldehydes is 1. The van der Waals surface area contributed by atoms with E-state index < -0.39 is 24.1 Å². The zero-order valence-electron chi connectivity index (χ0n) is 18.4. The first-order valence-electron chi connectivity index (χ1n) is 11.3. The lowest BCUT2D eigenvalue weighted by molar-refractivity contribution is -0.127. The van der Waals surface area contributed by atoms with Gasteiger partial charge < -0.3 is 25.5 Å². The van der Waals surface area contributed by atoms with E-state index in [1.807, 2.05) is 13.8 Å². The lowest BCUT2D eigenvalue weighted by Crippen LogP contribution is -2.51. The van der Waals surface area contributed by atoms with Crippen LogP contribution in [0.4, 0.5) is 4.79 Å². The minimum atomic E-state index is -0.788. The molecule has 1 aliphatic carbocycles. The number of hydrogen-bond donors (Lipinski definition) is 3. The van der Waals surface area contributed by atoms with E-state index in [2.05, 4.69) is 22.9 Å². The van der Waals surface area contributed by atoms with Crippen molar-refractivity contribution >= 4 is 24.2 Å². The first kappa shape index (κ1) is 24.2. The number of amides is 3. The second-order valence-electron chi connectivity index (χ2n) is 9.05. The fourth-order valence-electron chi connectivity index (χ4n) is 4.30. The van der Waals surface area contributed by atoms with Crippen molar-refractivity contribution in [1.29, 1.82) is 0 Å². The monoisotopic (exact) mass is 423 g/mol. The lowest BCUT2D eigenvalue weighted by Gasteiger charge is -2.28. The molecule has 30 heavy (non-hydrogen) atoms. The van der Waals surface area contributed by atoms with Crippen LogP contribution < -0.4 is 16.0 Å². The number of carbonyl (C=O) groups is 4. The maximum atomic E-state index is 12.8. The highest BCUT2D eigenvalue weighted by Crippen LogP contribution is 2.28. The third-order valence-corrected chi connectivity index (χ3v) is 6.15. The molecule has 1 saturated carbocycles. The molecule has 2 rings (SSSR count). The van der Waals surface area contributed by atoms with Gasteiger partial charge in [-0.05, 0) is 56.8 Å². The standard InChI is InChI=1S/C22H37N3O5/c1-4-15-5-7-18(8-6-15)30-22(29)25-19(11-14(2)3)21(28)24-17(13-26)12-16-9-10-23-20(16)27/h13-19H,4-12H2,1-3H3,(H,23,27)(H,24,28)(H,25,29)/t15?,16-,17-,18?,19-/m0/s1. The van der Waals surface area contributed by atoms with E-state index in [0.29, 0.717) is 31.6 Å². The van der Waals surface area contributed by atoms with E-state index in [1.54, 1.807) is 0 Å². The number of nitrogens with one attached hydrogen (secondary N) is 3. The molecule has 8 nitrogen and oxygen atoms in total. The predicted molar refractivity (Wildman–Crippen MR) is 113 cm³/mol. The quantitative estimate of drug-likeness (QED) is 0.467. The Bertz CT molecular complexity index is 602. The summed E-state index contributed by atoms with van der Waals surface area (Å²) in [6, 6.07) is -1.55. The molecule has 3 atom stereocenters. The van der Waals surface area contributed by atoms with Crippen molar-refractivity contribution in [2.24, 2.45) is 17.8 Å². The summed E-state index contributed by atoms with van der Waals surface area (Å²) in [6.07, 6.45) is 6.26. The molecule has 0 aromatic rings. The van der Waals surface area contributed by atoms with Gasteiger partial charge in [0.25, 0.3) is 0 Å². The Hall–Kier alpha value is -2.12. The molecule has 0 radical (unpaired) electrons. The summed E-state index contributed by atoms with van der Waals surface area (Å²) in [5.74, 6) is 0.0753. The Morgan fingerprint density at radius 2 is 1.87 bits per heavy atom. The highest BCUT2D eigenvalue weighted by atomic mass is 16.6. The molecular weight excluding hydrogens is 386 g/mol. The van der Waals surface area contributed by atoms with Crippen LogP contribution in [-0.4, -0.2) is 48.9 Å². The molecule has 0 aromatic carbocycles. The van der Waals surface area contributed by atoms with Crippen molar-refractivity contribution in [3.8, 4) is 0 Å². The van der Waals surface area contributed by atoms with E-state index in [9.17, 15) is 19.2 Å². The molecule has 0 bridgehead atoms. The molecule has 0 spiro atoms. The molecule has 8 heteroatoms. The molecule has 1 heterocycles. The molecule has 3 N–H and O–H groups in total. The van der Waals surface area contributed by atoms with Gasteiger partial charge in [0, 0.05) is 12.5 Å². The Morgan fingerprint density at radius 3 is 2.40 bits per heavy atom. The zero-order chi connectivity index (χ0) is 22.1. The second-order valence-corrected chi connectivity index (χ2v) is 9.05. The van der Waals surface area contributed by atoms with Crippen LogP contribution in [0.5, 0.6) is 0 Å². The normalized spacial score (nSPS) is 25.9. The Labute approximate surface area is 179 Å². The average Bonchev–Trinajstić information content (AvgIpc) is 3.11. The summed E-state index contributed by atoms with van der Waals surface area (Å²) in [6.45, 7) is 6.69. The van der Waals surface area contributed by atoms with Gasteiger partial charge >= 0.3 is 6.09 Å². The van der Waals surface area contributed by atoms with Crippen LogP contribution in [0, 0.1) is 17.8 Å². The third-order valence-electron chi connectivity index (χ3n) is 6.15. The fourth-order valence-corrected chi connectivity index (χ4v) is 4.30. The van der Waals surface area contributed by atoms with Crippen LogP contribution in [0.25, 0.3) is 0 Å². The maximum Gasteiger partial charge on any atom is 0.408 e. The van der Waals surface area contributed by atoms with E-state index in [1.165, 1.54) is 0 Å². The van der Waals surface area contributed by atoms with Crippen LogP contribution in [0.2, 0.25) is 0 Å². The molecule has 0 aromatic heterocycles. The highest BCUT2D eigenvalue weighted by Gasteiger charge is 2.31. The van der Waals surface area contributed by atoms with Crippen LogP contribution in [0.3, 0.4) is 0 Å². The maximum absolute atomic E-state index is 12.8. The van der Waals surface area contributed by atoms with E-state index in [4.69, 9.17) is 4.74 Å². The van der Waals surface area contributed by atoms with Crippen molar-refractivity contribution in [2.45, 2.75) is 90.3 Å². The smallest absolute Gasteiger partial charge is 0.408 e. The SMILES string of the molecule is CCC1CCC(OC(=O)N[C@@H](CC(C)C)C(=O)N[C@H](C=O)C[C@@H]2CCNC2=O)CC1. The van der Waals surface area contributed by atoms with Gasteiger partial charge in [-0.3, -0.25) is 9.59 Å². The number of rotatable bonds is 10. The summed E-state index contributed by atoms with van der Waals surface area (Å²) in [5.41, 5.74) is 0. The van der Waals surface area contributed by atoms with Gasteiger partial charge in [0.15, 0.2) is 0 Å². The van der Waals surface area contributed by atoms with E-state index in [-0.39, 0.29) is 30.3 Å².